The molecule has 0 aromatic carbocycles. The molecule has 16 heavy (non-hydrogen) atoms. The third-order valence-corrected chi connectivity index (χ3v) is 1.79. The Kier molecular flexibility index (Phi) is 4.07. The van der Waals surface area contributed by atoms with Crippen molar-refractivity contribution >= 4 is 23.6 Å². The molecule has 0 fully saturated rings. The van der Waals surface area contributed by atoms with Gasteiger partial charge in [0.2, 0.25) is 0 Å². The summed E-state index contributed by atoms with van der Waals surface area (Å²) in [5, 5.41) is 0.425. The minimum atomic E-state index is -0.473. The lowest BCUT2D eigenvalue weighted by molar-refractivity contribution is -0.148. The molecular weight excluding hydrogens is 226 g/mol. The average molecular weight is 240 g/mol. The maximum Gasteiger partial charge on any atom is 0.331 e. The van der Waals surface area contributed by atoms with E-state index in [4.69, 9.17) is 16.3 Å². The van der Waals surface area contributed by atoms with Gasteiger partial charge >= 0.3 is 5.97 Å². The number of hydrogen-bond donors (Lipinski definition) is 0. The highest BCUT2D eigenvalue weighted by atomic mass is 35.5. The van der Waals surface area contributed by atoms with Crippen molar-refractivity contribution in [1.29, 1.82) is 0 Å². The Morgan fingerprint density at radius 2 is 2.12 bits per heavy atom. The van der Waals surface area contributed by atoms with Crippen molar-refractivity contribution in [3.63, 3.8) is 0 Å². The van der Waals surface area contributed by atoms with Gasteiger partial charge in [-0.05, 0) is 38.5 Å². The maximum atomic E-state index is 11.3. The van der Waals surface area contributed by atoms with Gasteiger partial charge in [-0.25, -0.2) is 9.78 Å². The number of nitrogens with zero attached hydrogens (tertiary/aromatic N) is 1. The Morgan fingerprint density at radius 3 is 2.62 bits per heavy atom. The maximum absolute atomic E-state index is 11.3. The van der Waals surface area contributed by atoms with Crippen LogP contribution in [0.4, 0.5) is 0 Å². The van der Waals surface area contributed by atoms with Crippen LogP contribution in [0.25, 0.3) is 6.08 Å². The van der Waals surface area contributed by atoms with Gasteiger partial charge in [-0.15, -0.1) is 0 Å². The van der Waals surface area contributed by atoms with E-state index in [0.717, 1.165) is 5.56 Å². The number of carbonyl (C=O) groups is 1. The summed E-state index contributed by atoms with van der Waals surface area (Å²) in [7, 11) is 0. The molecule has 1 heterocycles. The number of hydrogen-bond acceptors (Lipinski definition) is 3. The number of rotatable bonds is 2. The first-order chi connectivity index (χ1) is 7.37. The Labute approximate surface area is 100 Å². The summed E-state index contributed by atoms with van der Waals surface area (Å²) in [5.74, 6) is -0.373. The molecule has 0 amide bonds. The van der Waals surface area contributed by atoms with Crippen molar-refractivity contribution < 1.29 is 9.53 Å². The van der Waals surface area contributed by atoms with Crippen molar-refractivity contribution in [2.75, 3.05) is 0 Å². The van der Waals surface area contributed by atoms with Crippen molar-refractivity contribution in [3.8, 4) is 0 Å². The zero-order valence-electron chi connectivity index (χ0n) is 9.53. The van der Waals surface area contributed by atoms with Crippen LogP contribution in [-0.2, 0) is 9.53 Å². The first-order valence-corrected chi connectivity index (χ1v) is 5.27. The van der Waals surface area contributed by atoms with E-state index in [0.29, 0.717) is 5.15 Å². The second-order valence-corrected chi connectivity index (χ2v) is 4.67. The predicted molar refractivity (Wildman–Crippen MR) is 64.1 cm³/mol. The average Bonchev–Trinajstić information content (AvgIpc) is 2.14. The van der Waals surface area contributed by atoms with E-state index < -0.39 is 5.60 Å². The number of halogens is 1. The normalized spacial score (nSPS) is 11.8. The summed E-state index contributed by atoms with van der Waals surface area (Å²) in [6, 6.07) is 3.44. The van der Waals surface area contributed by atoms with Crippen molar-refractivity contribution in [2.45, 2.75) is 26.4 Å². The van der Waals surface area contributed by atoms with Gasteiger partial charge in [0, 0.05) is 12.3 Å². The standard InChI is InChI=1S/C12H14ClNO2/c1-12(2,3)16-11(15)7-5-9-4-6-10(13)14-8-9/h4-8H,1-3H3/b7-5+. The van der Waals surface area contributed by atoms with Crippen LogP contribution in [0.2, 0.25) is 5.15 Å². The van der Waals surface area contributed by atoms with Crippen LogP contribution in [0.5, 0.6) is 0 Å². The molecule has 1 aromatic rings. The van der Waals surface area contributed by atoms with E-state index in [1.165, 1.54) is 6.08 Å². The van der Waals surface area contributed by atoms with Crippen molar-refractivity contribution in [2.24, 2.45) is 0 Å². The molecule has 3 nitrogen and oxygen atoms in total. The second-order valence-electron chi connectivity index (χ2n) is 4.28. The highest BCUT2D eigenvalue weighted by Crippen LogP contribution is 2.09. The third-order valence-electron chi connectivity index (χ3n) is 1.57. The quantitative estimate of drug-likeness (QED) is 0.452. The minimum Gasteiger partial charge on any atom is -0.457 e. The number of esters is 1. The molecular formula is C12H14ClNO2. The third kappa shape index (κ3) is 4.94. The van der Waals surface area contributed by atoms with Crippen LogP contribution >= 0.6 is 11.6 Å². The lowest BCUT2D eigenvalue weighted by atomic mass is 10.2. The first kappa shape index (κ1) is 12.7. The van der Waals surface area contributed by atoms with Gasteiger partial charge in [-0.1, -0.05) is 17.7 Å². The Hall–Kier alpha value is -1.35. The van der Waals surface area contributed by atoms with Gasteiger partial charge < -0.3 is 4.74 Å². The lowest BCUT2D eigenvalue weighted by Gasteiger charge is -2.17. The fourth-order valence-electron chi connectivity index (χ4n) is 0.986. The molecule has 0 radical (unpaired) electrons. The molecule has 0 bridgehead atoms. The molecule has 0 spiro atoms. The number of pyridine rings is 1. The zero-order chi connectivity index (χ0) is 12.2. The Morgan fingerprint density at radius 1 is 1.44 bits per heavy atom. The highest BCUT2D eigenvalue weighted by Gasteiger charge is 2.13. The van der Waals surface area contributed by atoms with Gasteiger partial charge in [-0.2, -0.15) is 0 Å². The smallest absolute Gasteiger partial charge is 0.331 e. The molecule has 0 unspecified atom stereocenters. The van der Waals surface area contributed by atoms with Gasteiger partial charge in [-0.3, -0.25) is 0 Å². The van der Waals surface area contributed by atoms with Crippen LogP contribution in [0.3, 0.4) is 0 Å². The largest absolute Gasteiger partial charge is 0.457 e. The summed E-state index contributed by atoms with van der Waals surface area (Å²) in [6.07, 6.45) is 4.59. The first-order valence-electron chi connectivity index (χ1n) is 4.89. The van der Waals surface area contributed by atoms with E-state index in [2.05, 4.69) is 4.98 Å². The highest BCUT2D eigenvalue weighted by molar-refractivity contribution is 6.29. The molecule has 0 aliphatic rings. The fourth-order valence-corrected chi connectivity index (χ4v) is 1.10. The Bertz CT molecular complexity index is 390. The lowest BCUT2D eigenvalue weighted by Crippen LogP contribution is -2.22. The number of carbonyl (C=O) groups excluding carboxylic acids is 1. The summed E-state index contributed by atoms with van der Waals surface area (Å²) in [4.78, 5) is 15.2. The molecule has 0 saturated carbocycles. The van der Waals surface area contributed by atoms with E-state index in [1.807, 2.05) is 20.8 Å². The molecule has 0 N–H and O–H groups in total. The van der Waals surface area contributed by atoms with E-state index in [-0.39, 0.29) is 5.97 Å². The predicted octanol–water partition coefficient (Wildman–Crippen LogP) is 3.09. The molecule has 0 atom stereocenters. The minimum absolute atomic E-state index is 0.373. The molecule has 0 saturated heterocycles. The van der Waals surface area contributed by atoms with Gasteiger partial charge in [0.25, 0.3) is 0 Å². The summed E-state index contributed by atoms with van der Waals surface area (Å²) in [5.41, 5.74) is 0.329. The van der Waals surface area contributed by atoms with Gasteiger partial charge in [0.05, 0.1) is 0 Å². The van der Waals surface area contributed by atoms with Crippen LogP contribution < -0.4 is 0 Å². The molecule has 1 aromatic heterocycles. The molecule has 0 aliphatic heterocycles. The Balaban J connectivity index is 2.60. The van der Waals surface area contributed by atoms with Gasteiger partial charge in [0.1, 0.15) is 10.8 Å². The molecule has 86 valence electrons. The van der Waals surface area contributed by atoms with Crippen LogP contribution in [-0.4, -0.2) is 16.6 Å². The fraction of sp³-hybridized carbons (Fsp3) is 0.333. The monoisotopic (exact) mass is 239 g/mol. The van der Waals surface area contributed by atoms with Gasteiger partial charge in [0.15, 0.2) is 0 Å². The molecule has 4 heteroatoms. The molecule has 0 aliphatic carbocycles. The number of aromatic nitrogens is 1. The van der Waals surface area contributed by atoms with Crippen molar-refractivity contribution in [3.05, 3.63) is 35.1 Å². The SMILES string of the molecule is CC(C)(C)OC(=O)/C=C/c1ccc(Cl)nc1. The zero-order valence-corrected chi connectivity index (χ0v) is 10.3. The van der Waals surface area contributed by atoms with Crippen LogP contribution in [0.15, 0.2) is 24.4 Å². The number of ether oxygens (including phenoxy) is 1. The van der Waals surface area contributed by atoms with Crippen LogP contribution in [0, 0.1) is 0 Å². The van der Waals surface area contributed by atoms with E-state index >= 15 is 0 Å². The summed E-state index contributed by atoms with van der Waals surface area (Å²) < 4.78 is 5.11. The summed E-state index contributed by atoms with van der Waals surface area (Å²) in [6.45, 7) is 5.47. The van der Waals surface area contributed by atoms with Crippen molar-refractivity contribution in [1.82, 2.24) is 4.98 Å². The molecule has 1 rings (SSSR count). The van der Waals surface area contributed by atoms with E-state index in [1.54, 1.807) is 24.4 Å². The topological polar surface area (TPSA) is 39.2 Å². The van der Waals surface area contributed by atoms with Crippen LogP contribution in [0.1, 0.15) is 26.3 Å². The summed E-state index contributed by atoms with van der Waals surface area (Å²) >= 11 is 5.63. The second kappa shape index (κ2) is 5.12. The van der Waals surface area contributed by atoms with E-state index in [9.17, 15) is 4.79 Å².